The largest absolute Gasteiger partial charge is 0.463 e. The van der Waals surface area contributed by atoms with Gasteiger partial charge in [0.25, 0.3) is 0 Å². The average molecular weight is 339 g/mol. The van der Waals surface area contributed by atoms with E-state index in [0.717, 1.165) is 12.8 Å². The Hall–Kier alpha value is -2.01. The van der Waals surface area contributed by atoms with E-state index in [0.29, 0.717) is 17.8 Å². The fourth-order valence-corrected chi connectivity index (χ4v) is 2.59. The van der Waals surface area contributed by atoms with Gasteiger partial charge in [0.05, 0.1) is 19.5 Å². The van der Waals surface area contributed by atoms with Crippen molar-refractivity contribution in [2.24, 2.45) is 0 Å². The summed E-state index contributed by atoms with van der Waals surface area (Å²) in [5.41, 5.74) is 6.56. The zero-order valence-electron chi connectivity index (χ0n) is 13.2. The molecule has 3 heterocycles. The molecular weight excluding hydrogens is 318 g/mol. The van der Waals surface area contributed by atoms with Crippen LogP contribution in [0.5, 0.6) is 6.01 Å². The molecule has 132 valence electrons. The number of hydrogen-bond acceptors (Lipinski definition) is 9. The molecule has 0 unspecified atom stereocenters. The van der Waals surface area contributed by atoms with E-state index in [1.165, 1.54) is 10.9 Å². The molecular formula is C14H21N5O5. The summed E-state index contributed by atoms with van der Waals surface area (Å²) in [6.07, 6.45) is -1.06. The standard InChI is InChI=1S/C14H21N5O5/c1-2-3-4-23-14-17-11(15)8-12(18-14)19(6-16-8)13-10(22)9(21)7(5-20)24-13/h6-7,9-10,13,20-22H,2-5H2,1H3,(H2,15,17,18)/t7-,9-,10-,13-/m1/s1. The van der Waals surface area contributed by atoms with Crippen LogP contribution in [-0.4, -0.2) is 66.4 Å². The molecule has 3 rings (SSSR count). The first-order valence-corrected chi connectivity index (χ1v) is 7.82. The van der Waals surface area contributed by atoms with Gasteiger partial charge in [0.1, 0.15) is 18.3 Å². The lowest BCUT2D eigenvalue weighted by Gasteiger charge is -2.16. The zero-order valence-corrected chi connectivity index (χ0v) is 13.2. The molecule has 10 heteroatoms. The molecule has 2 aromatic heterocycles. The van der Waals surface area contributed by atoms with Crippen molar-refractivity contribution in [2.45, 2.75) is 44.3 Å². The van der Waals surface area contributed by atoms with Crippen LogP contribution < -0.4 is 10.5 Å². The number of anilines is 1. The number of aliphatic hydroxyl groups is 3. The minimum absolute atomic E-state index is 0.113. The van der Waals surface area contributed by atoms with Gasteiger partial charge in [-0.3, -0.25) is 4.57 Å². The number of nitrogens with zero attached hydrogens (tertiary/aromatic N) is 4. The van der Waals surface area contributed by atoms with Crippen molar-refractivity contribution in [2.75, 3.05) is 18.9 Å². The highest BCUT2D eigenvalue weighted by Gasteiger charge is 2.44. The van der Waals surface area contributed by atoms with Gasteiger partial charge in [-0.1, -0.05) is 13.3 Å². The molecule has 24 heavy (non-hydrogen) atoms. The molecule has 0 aliphatic carbocycles. The fourth-order valence-electron chi connectivity index (χ4n) is 2.59. The lowest BCUT2D eigenvalue weighted by atomic mass is 10.1. The number of rotatable bonds is 6. The van der Waals surface area contributed by atoms with Crippen molar-refractivity contribution in [3.63, 3.8) is 0 Å². The molecule has 4 atom stereocenters. The second-order valence-corrected chi connectivity index (χ2v) is 5.65. The van der Waals surface area contributed by atoms with Crippen molar-refractivity contribution in [3.05, 3.63) is 6.33 Å². The van der Waals surface area contributed by atoms with Gasteiger partial charge in [0.2, 0.25) is 0 Å². The van der Waals surface area contributed by atoms with Gasteiger partial charge in [-0.2, -0.15) is 9.97 Å². The molecule has 1 aliphatic heterocycles. The van der Waals surface area contributed by atoms with Gasteiger partial charge in [-0.25, -0.2) is 4.98 Å². The first kappa shape index (κ1) is 16.8. The summed E-state index contributed by atoms with van der Waals surface area (Å²) >= 11 is 0. The van der Waals surface area contributed by atoms with Crippen LogP contribution in [0.1, 0.15) is 26.0 Å². The minimum atomic E-state index is -1.24. The van der Waals surface area contributed by atoms with Crippen molar-refractivity contribution >= 4 is 17.0 Å². The number of nitrogen functional groups attached to an aromatic ring is 1. The summed E-state index contributed by atoms with van der Waals surface area (Å²) in [5, 5.41) is 29.3. The summed E-state index contributed by atoms with van der Waals surface area (Å²) in [4.78, 5) is 12.5. The van der Waals surface area contributed by atoms with E-state index < -0.39 is 31.1 Å². The smallest absolute Gasteiger partial charge is 0.320 e. The lowest BCUT2D eigenvalue weighted by molar-refractivity contribution is -0.0511. The van der Waals surface area contributed by atoms with Crippen LogP contribution >= 0.6 is 0 Å². The highest BCUT2D eigenvalue weighted by molar-refractivity contribution is 5.82. The quantitative estimate of drug-likeness (QED) is 0.496. The number of fused-ring (bicyclic) bond motifs is 1. The van der Waals surface area contributed by atoms with Gasteiger partial charge >= 0.3 is 6.01 Å². The summed E-state index contributed by atoms with van der Waals surface area (Å²) in [7, 11) is 0. The van der Waals surface area contributed by atoms with E-state index in [4.69, 9.17) is 15.2 Å². The monoisotopic (exact) mass is 339 g/mol. The van der Waals surface area contributed by atoms with E-state index in [9.17, 15) is 15.3 Å². The Bertz CT molecular complexity index is 708. The average Bonchev–Trinajstić information content (AvgIpc) is 3.10. The van der Waals surface area contributed by atoms with E-state index in [2.05, 4.69) is 15.0 Å². The van der Waals surface area contributed by atoms with Gasteiger partial charge in [0, 0.05) is 0 Å². The molecule has 10 nitrogen and oxygen atoms in total. The number of unbranched alkanes of at least 4 members (excludes halogenated alkanes) is 1. The third-order valence-electron chi connectivity index (χ3n) is 3.95. The Morgan fingerprint density at radius 2 is 2.12 bits per heavy atom. The van der Waals surface area contributed by atoms with Crippen molar-refractivity contribution in [1.82, 2.24) is 19.5 Å². The third kappa shape index (κ3) is 2.88. The van der Waals surface area contributed by atoms with Crippen LogP contribution in [0, 0.1) is 0 Å². The Kier molecular flexibility index (Phi) is 4.81. The maximum Gasteiger partial charge on any atom is 0.320 e. The number of nitrogens with two attached hydrogens (primary N) is 1. The van der Waals surface area contributed by atoms with Crippen molar-refractivity contribution in [1.29, 1.82) is 0 Å². The number of aromatic nitrogens is 4. The van der Waals surface area contributed by atoms with Crippen LogP contribution in [0.2, 0.25) is 0 Å². The number of imidazole rings is 1. The highest BCUT2D eigenvalue weighted by Crippen LogP contribution is 2.32. The predicted molar refractivity (Wildman–Crippen MR) is 83.1 cm³/mol. The van der Waals surface area contributed by atoms with Crippen LogP contribution in [-0.2, 0) is 4.74 Å². The molecule has 2 aromatic rings. The Labute approximate surface area is 137 Å². The zero-order chi connectivity index (χ0) is 17.3. The molecule has 1 aliphatic rings. The van der Waals surface area contributed by atoms with E-state index in [-0.39, 0.29) is 11.8 Å². The molecule has 1 saturated heterocycles. The summed E-state index contributed by atoms with van der Waals surface area (Å²) in [6, 6.07) is 0.113. The maximum absolute atomic E-state index is 10.2. The third-order valence-corrected chi connectivity index (χ3v) is 3.95. The highest BCUT2D eigenvalue weighted by atomic mass is 16.6. The Morgan fingerprint density at radius 3 is 2.79 bits per heavy atom. The van der Waals surface area contributed by atoms with Gasteiger partial charge in [0.15, 0.2) is 23.2 Å². The topological polar surface area (TPSA) is 149 Å². The number of aliphatic hydroxyl groups excluding tert-OH is 3. The molecule has 5 N–H and O–H groups in total. The SMILES string of the molecule is CCCCOc1nc(N)c2ncn([C@@H]3O[C@H](CO)[C@@H](O)[C@H]3O)c2n1. The molecule has 0 radical (unpaired) electrons. The summed E-state index contributed by atoms with van der Waals surface area (Å²) < 4.78 is 12.4. The molecule has 0 bridgehead atoms. The van der Waals surface area contributed by atoms with Crippen LogP contribution in [0.4, 0.5) is 5.82 Å². The van der Waals surface area contributed by atoms with E-state index >= 15 is 0 Å². The van der Waals surface area contributed by atoms with Gasteiger partial charge in [-0.05, 0) is 6.42 Å². The maximum atomic E-state index is 10.2. The fraction of sp³-hybridized carbons (Fsp3) is 0.643. The second kappa shape index (κ2) is 6.85. The van der Waals surface area contributed by atoms with Crippen LogP contribution in [0.3, 0.4) is 0 Å². The minimum Gasteiger partial charge on any atom is -0.463 e. The number of hydrogen-bond donors (Lipinski definition) is 4. The number of ether oxygens (including phenoxy) is 2. The van der Waals surface area contributed by atoms with Crippen molar-refractivity contribution in [3.8, 4) is 6.01 Å². The van der Waals surface area contributed by atoms with Gasteiger partial charge in [-0.15, -0.1) is 0 Å². The molecule has 1 fully saturated rings. The molecule has 0 aromatic carbocycles. The van der Waals surface area contributed by atoms with Crippen LogP contribution in [0.15, 0.2) is 6.33 Å². The second-order valence-electron chi connectivity index (χ2n) is 5.65. The lowest BCUT2D eigenvalue weighted by Crippen LogP contribution is -2.33. The summed E-state index contributed by atoms with van der Waals surface area (Å²) in [6.45, 7) is 2.09. The predicted octanol–water partition coefficient (Wildman–Crippen LogP) is -0.801. The van der Waals surface area contributed by atoms with E-state index in [1.807, 2.05) is 6.92 Å². The molecule has 0 saturated carbocycles. The molecule has 0 amide bonds. The Morgan fingerprint density at radius 1 is 1.33 bits per heavy atom. The Balaban J connectivity index is 1.94. The normalized spacial score (nSPS) is 27.0. The summed E-state index contributed by atoms with van der Waals surface area (Å²) in [5.74, 6) is 0.150. The van der Waals surface area contributed by atoms with Gasteiger partial charge < -0.3 is 30.5 Å². The van der Waals surface area contributed by atoms with Crippen LogP contribution in [0.25, 0.3) is 11.2 Å². The van der Waals surface area contributed by atoms with E-state index in [1.54, 1.807) is 0 Å². The van der Waals surface area contributed by atoms with Crippen molar-refractivity contribution < 1.29 is 24.8 Å². The molecule has 0 spiro atoms. The first-order valence-electron chi connectivity index (χ1n) is 7.82. The first-order chi connectivity index (χ1) is 11.6.